The summed E-state index contributed by atoms with van der Waals surface area (Å²) in [4.78, 5) is 25.9. The first kappa shape index (κ1) is 22.6. The van der Waals surface area contributed by atoms with Crippen molar-refractivity contribution in [3.63, 3.8) is 0 Å². The molecular formula is C26H31NO4. The first-order valence-corrected chi connectivity index (χ1v) is 10.8. The van der Waals surface area contributed by atoms with Crippen molar-refractivity contribution in [1.82, 2.24) is 4.57 Å². The zero-order chi connectivity index (χ0) is 22.6. The highest BCUT2D eigenvalue weighted by Crippen LogP contribution is 2.41. The summed E-state index contributed by atoms with van der Waals surface area (Å²) >= 11 is 0. The number of carbonyl (C=O) groups is 2. The van der Waals surface area contributed by atoms with Crippen LogP contribution in [0.4, 0.5) is 0 Å². The molecule has 0 saturated carbocycles. The van der Waals surface area contributed by atoms with Crippen molar-refractivity contribution in [3.8, 4) is 0 Å². The van der Waals surface area contributed by atoms with E-state index in [-0.39, 0.29) is 25.6 Å². The summed E-state index contributed by atoms with van der Waals surface area (Å²) in [5, 5.41) is 1.10. The third-order valence-corrected chi connectivity index (χ3v) is 5.85. The SMILES string of the molecule is CCOC(=O)C(C)(CC(c1ccc(C)cc1)c1cn(C)c2ccccc12)C(=O)OCC. The second kappa shape index (κ2) is 9.38. The van der Waals surface area contributed by atoms with Crippen molar-refractivity contribution in [2.45, 2.75) is 40.0 Å². The van der Waals surface area contributed by atoms with Gasteiger partial charge in [0.25, 0.3) is 0 Å². The molecule has 0 amide bonds. The predicted molar refractivity (Wildman–Crippen MR) is 122 cm³/mol. The Morgan fingerprint density at radius 2 is 1.55 bits per heavy atom. The van der Waals surface area contributed by atoms with Gasteiger partial charge in [-0.2, -0.15) is 0 Å². The van der Waals surface area contributed by atoms with Crippen LogP contribution in [0.5, 0.6) is 0 Å². The Morgan fingerprint density at radius 1 is 0.968 bits per heavy atom. The molecule has 31 heavy (non-hydrogen) atoms. The lowest BCUT2D eigenvalue weighted by Gasteiger charge is -2.29. The van der Waals surface area contributed by atoms with E-state index in [1.165, 1.54) is 0 Å². The van der Waals surface area contributed by atoms with Gasteiger partial charge in [-0.05, 0) is 51.3 Å². The van der Waals surface area contributed by atoms with E-state index in [1.54, 1.807) is 20.8 Å². The summed E-state index contributed by atoms with van der Waals surface area (Å²) < 4.78 is 12.7. The third-order valence-electron chi connectivity index (χ3n) is 5.85. The average Bonchev–Trinajstić information content (AvgIpc) is 3.09. The van der Waals surface area contributed by atoms with Crippen LogP contribution in [-0.2, 0) is 26.1 Å². The van der Waals surface area contributed by atoms with Crippen LogP contribution in [0.15, 0.2) is 54.7 Å². The highest BCUT2D eigenvalue weighted by molar-refractivity contribution is 6.00. The van der Waals surface area contributed by atoms with E-state index >= 15 is 0 Å². The summed E-state index contributed by atoms with van der Waals surface area (Å²) in [6.45, 7) is 7.57. The Hall–Kier alpha value is -3.08. The van der Waals surface area contributed by atoms with Gasteiger partial charge in [-0.3, -0.25) is 9.59 Å². The Labute approximate surface area is 184 Å². The minimum Gasteiger partial charge on any atom is -0.465 e. The Kier molecular flexibility index (Phi) is 6.84. The molecule has 1 aromatic heterocycles. The van der Waals surface area contributed by atoms with Crippen molar-refractivity contribution >= 4 is 22.8 Å². The van der Waals surface area contributed by atoms with Crippen LogP contribution in [0, 0.1) is 12.3 Å². The molecule has 0 radical (unpaired) electrons. The standard InChI is InChI=1S/C26H31NO4/c1-6-30-24(28)26(4,25(29)31-7-2)16-21(19-14-12-18(3)13-15-19)22-17-27(5)23-11-9-8-10-20(22)23/h8-15,17,21H,6-7,16H2,1-5H3. The monoisotopic (exact) mass is 421 g/mol. The van der Waals surface area contributed by atoms with Crippen LogP contribution in [0.1, 0.15) is 49.8 Å². The number of ether oxygens (including phenoxy) is 2. The summed E-state index contributed by atoms with van der Waals surface area (Å²) in [6, 6.07) is 16.4. The lowest BCUT2D eigenvalue weighted by atomic mass is 9.75. The van der Waals surface area contributed by atoms with Crippen LogP contribution in [0.2, 0.25) is 0 Å². The predicted octanol–water partition coefficient (Wildman–Crippen LogP) is 5.14. The number of hydrogen-bond acceptors (Lipinski definition) is 4. The topological polar surface area (TPSA) is 57.5 Å². The first-order chi connectivity index (χ1) is 14.8. The summed E-state index contributed by atoms with van der Waals surface area (Å²) in [5.41, 5.74) is 2.95. The van der Waals surface area contributed by atoms with Gasteiger partial charge < -0.3 is 14.0 Å². The van der Waals surface area contributed by atoms with Gasteiger partial charge in [0.15, 0.2) is 5.41 Å². The molecule has 3 aromatic rings. The maximum absolute atomic E-state index is 13.0. The number of esters is 2. The van der Waals surface area contributed by atoms with Crippen molar-refractivity contribution in [1.29, 1.82) is 0 Å². The van der Waals surface area contributed by atoms with E-state index < -0.39 is 17.4 Å². The molecule has 0 aliphatic carbocycles. The number of rotatable bonds is 8. The molecule has 0 fully saturated rings. The number of aromatic nitrogens is 1. The third kappa shape index (κ3) is 4.50. The molecule has 0 aliphatic heterocycles. The van der Waals surface area contributed by atoms with Gasteiger partial charge in [0.2, 0.25) is 0 Å². The van der Waals surface area contributed by atoms with Crippen molar-refractivity contribution in [3.05, 3.63) is 71.4 Å². The summed E-state index contributed by atoms with van der Waals surface area (Å²) in [6.07, 6.45) is 2.34. The molecule has 3 rings (SSSR count). The number of hydrogen-bond donors (Lipinski definition) is 0. The highest BCUT2D eigenvalue weighted by atomic mass is 16.6. The van der Waals surface area contributed by atoms with E-state index in [0.717, 1.165) is 27.6 Å². The van der Waals surface area contributed by atoms with Gasteiger partial charge in [0.05, 0.1) is 13.2 Å². The fraction of sp³-hybridized carbons (Fsp3) is 0.385. The smallest absolute Gasteiger partial charge is 0.323 e. The van der Waals surface area contributed by atoms with Crippen molar-refractivity contribution < 1.29 is 19.1 Å². The molecule has 5 nitrogen and oxygen atoms in total. The van der Waals surface area contributed by atoms with E-state index in [2.05, 4.69) is 47.2 Å². The van der Waals surface area contributed by atoms with Gasteiger partial charge in [-0.25, -0.2) is 0 Å². The Bertz CT molecular complexity index is 1050. The van der Waals surface area contributed by atoms with Crippen molar-refractivity contribution in [2.24, 2.45) is 12.5 Å². The van der Waals surface area contributed by atoms with Crippen LogP contribution in [-0.4, -0.2) is 29.7 Å². The van der Waals surface area contributed by atoms with Crippen LogP contribution in [0.25, 0.3) is 10.9 Å². The minimum atomic E-state index is -1.42. The van der Waals surface area contributed by atoms with E-state index in [9.17, 15) is 9.59 Å². The molecular weight excluding hydrogens is 390 g/mol. The van der Waals surface area contributed by atoms with Gasteiger partial charge in [0, 0.05) is 30.1 Å². The Balaban J connectivity index is 2.16. The Morgan fingerprint density at radius 3 is 2.13 bits per heavy atom. The molecule has 0 bridgehead atoms. The molecule has 1 atom stereocenters. The van der Waals surface area contributed by atoms with Gasteiger partial charge in [-0.15, -0.1) is 0 Å². The molecule has 0 N–H and O–H groups in total. The van der Waals surface area contributed by atoms with Gasteiger partial charge in [0.1, 0.15) is 0 Å². The molecule has 0 spiro atoms. The number of para-hydroxylation sites is 1. The molecule has 1 heterocycles. The zero-order valence-electron chi connectivity index (χ0n) is 19.0. The van der Waals surface area contributed by atoms with E-state index in [4.69, 9.17) is 9.47 Å². The zero-order valence-corrected chi connectivity index (χ0v) is 19.0. The molecule has 1 unspecified atom stereocenters. The fourth-order valence-corrected chi connectivity index (χ4v) is 4.10. The number of nitrogens with zero attached hydrogens (tertiary/aromatic N) is 1. The van der Waals surface area contributed by atoms with Crippen LogP contribution in [0.3, 0.4) is 0 Å². The summed E-state index contributed by atoms with van der Waals surface area (Å²) in [5.74, 6) is -1.29. The molecule has 2 aromatic carbocycles. The molecule has 164 valence electrons. The number of aryl methyl sites for hydroxylation is 2. The van der Waals surface area contributed by atoms with Crippen LogP contribution >= 0.6 is 0 Å². The summed E-state index contributed by atoms with van der Waals surface area (Å²) in [7, 11) is 2.01. The second-order valence-electron chi connectivity index (χ2n) is 8.15. The van der Waals surface area contributed by atoms with Gasteiger partial charge >= 0.3 is 11.9 Å². The van der Waals surface area contributed by atoms with Gasteiger partial charge in [-0.1, -0.05) is 48.0 Å². The van der Waals surface area contributed by atoms with E-state index in [0.29, 0.717) is 0 Å². The van der Waals surface area contributed by atoms with Crippen molar-refractivity contribution in [2.75, 3.05) is 13.2 Å². The number of benzene rings is 2. The fourth-order valence-electron chi connectivity index (χ4n) is 4.10. The molecule has 5 heteroatoms. The second-order valence-corrected chi connectivity index (χ2v) is 8.15. The van der Waals surface area contributed by atoms with E-state index in [1.807, 2.05) is 26.1 Å². The average molecular weight is 422 g/mol. The maximum atomic E-state index is 13.0. The lowest BCUT2D eigenvalue weighted by molar-refractivity contribution is -0.171. The maximum Gasteiger partial charge on any atom is 0.323 e. The first-order valence-electron chi connectivity index (χ1n) is 10.8. The normalized spacial score (nSPS) is 12.5. The lowest BCUT2D eigenvalue weighted by Crippen LogP contribution is -2.41. The minimum absolute atomic E-state index is 0.189. The molecule has 0 saturated heterocycles. The largest absolute Gasteiger partial charge is 0.465 e. The number of fused-ring (bicyclic) bond motifs is 1. The number of carbonyl (C=O) groups excluding carboxylic acids is 2. The highest BCUT2D eigenvalue weighted by Gasteiger charge is 2.46. The molecule has 0 aliphatic rings. The van der Waals surface area contributed by atoms with Crippen LogP contribution < -0.4 is 0 Å². The quantitative estimate of drug-likeness (QED) is 0.373.